The second kappa shape index (κ2) is 17.9. The SMILES string of the molecule is c1ccc(-c2nc(-c3ccccc3)nc(-c3cccc4oc5ccc(-c6ccc7c(c6)c6cc(-c8ccc9c(c8)c8ccccc8n9-c8nc(-c9ccccc9)c9ccccc9n8)ccc6n7-c6ccccc6)cc5c34)n2)cc1. The molecule has 0 amide bonds. The standard InChI is InChI=1S/C71H43N7O/c1-5-18-44(19-6-1)67-53-27-13-15-29-59(53)72-71(73-67)78-60-30-16-14-26-52(60)55-40-47(34-38-63(55)78)48-32-36-61-56(41-48)57-42-49(33-37-62(57)77(61)51-24-11-4-12-25-51)50-35-39-64-58(43-50)66-54(28-17-31-65(66)79-64)70-75-68(45-20-7-2-8-21-45)74-69(76-70)46-22-9-3-10-23-46/h1-43H. The zero-order valence-electron chi connectivity index (χ0n) is 42.4. The molecule has 8 heteroatoms. The minimum atomic E-state index is 0.582. The molecule has 0 saturated carbocycles. The summed E-state index contributed by atoms with van der Waals surface area (Å²) >= 11 is 0. The summed E-state index contributed by atoms with van der Waals surface area (Å²) in [5.74, 6) is 2.44. The van der Waals surface area contributed by atoms with Gasteiger partial charge in [0.1, 0.15) is 11.2 Å². The number of rotatable bonds is 8. The Kier molecular flexibility index (Phi) is 10.1. The van der Waals surface area contributed by atoms with Crippen LogP contribution in [0.4, 0.5) is 0 Å². The van der Waals surface area contributed by atoms with E-state index in [1.165, 1.54) is 0 Å². The van der Waals surface area contributed by atoms with Crippen LogP contribution in [0.2, 0.25) is 0 Å². The Balaban J connectivity index is 0.843. The minimum absolute atomic E-state index is 0.582. The highest BCUT2D eigenvalue weighted by Crippen LogP contribution is 2.42. The fourth-order valence-corrected chi connectivity index (χ4v) is 11.7. The molecule has 8 nitrogen and oxygen atoms in total. The molecule has 11 aromatic carbocycles. The van der Waals surface area contributed by atoms with Crippen LogP contribution in [0.3, 0.4) is 0 Å². The fraction of sp³-hybridized carbons (Fsp3) is 0. The average Bonchev–Trinajstić information content (AvgIpc) is 4.37. The molecule has 0 aliphatic rings. The number of aromatic nitrogens is 7. The van der Waals surface area contributed by atoms with Gasteiger partial charge in [0.15, 0.2) is 17.5 Å². The number of para-hydroxylation sites is 3. The summed E-state index contributed by atoms with van der Waals surface area (Å²) < 4.78 is 11.2. The van der Waals surface area contributed by atoms with Gasteiger partial charge in [0.25, 0.3) is 0 Å². The molecule has 5 heterocycles. The van der Waals surface area contributed by atoms with Crippen molar-refractivity contribution in [3.05, 3.63) is 261 Å². The summed E-state index contributed by atoms with van der Waals surface area (Å²) in [7, 11) is 0. The smallest absolute Gasteiger partial charge is 0.235 e. The van der Waals surface area contributed by atoms with Crippen LogP contribution in [0.1, 0.15) is 0 Å². The highest BCUT2D eigenvalue weighted by Gasteiger charge is 2.22. The zero-order chi connectivity index (χ0) is 52.0. The molecule has 16 rings (SSSR count). The van der Waals surface area contributed by atoms with E-state index < -0.39 is 0 Å². The molecule has 0 radical (unpaired) electrons. The molecule has 16 aromatic rings. The van der Waals surface area contributed by atoms with E-state index in [-0.39, 0.29) is 0 Å². The summed E-state index contributed by atoms with van der Waals surface area (Å²) in [6, 6.07) is 91.2. The highest BCUT2D eigenvalue weighted by atomic mass is 16.3. The van der Waals surface area contributed by atoms with Crippen molar-refractivity contribution in [3.8, 4) is 79.3 Å². The van der Waals surface area contributed by atoms with E-state index in [4.69, 9.17) is 29.3 Å². The largest absolute Gasteiger partial charge is 0.456 e. The lowest BCUT2D eigenvalue weighted by Gasteiger charge is -2.12. The Bertz CT molecular complexity index is 5010. The number of benzene rings is 11. The Morgan fingerprint density at radius 2 is 0.759 bits per heavy atom. The van der Waals surface area contributed by atoms with Gasteiger partial charge in [0, 0.05) is 65.6 Å². The Morgan fingerprint density at radius 1 is 0.278 bits per heavy atom. The predicted molar refractivity (Wildman–Crippen MR) is 321 cm³/mol. The first kappa shape index (κ1) is 44.5. The van der Waals surface area contributed by atoms with Crippen LogP contribution in [0.25, 0.3) is 156 Å². The molecule has 0 atom stereocenters. The third kappa shape index (κ3) is 7.34. The topological polar surface area (TPSA) is 87.5 Å². The summed E-state index contributed by atoms with van der Waals surface area (Å²) in [6.45, 7) is 0. The summed E-state index contributed by atoms with van der Waals surface area (Å²) in [6.07, 6.45) is 0. The third-order valence-electron chi connectivity index (χ3n) is 15.4. The summed E-state index contributed by atoms with van der Waals surface area (Å²) in [5.41, 5.74) is 17.0. The van der Waals surface area contributed by atoms with Gasteiger partial charge in [-0.1, -0.05) is 182 Å². The van der Waals surface area contributed by atoms with E-state index in [2.05, 4.69) is 185 Å². The van der Waals surface area contributed by atoms with Gasteiger partial charge in [-0.25, -0.2) is 24.9 Å². The van der Waals surface area contributed by atoms with Crippen molar-refractivity contribution in [1.29, 1.82) is 0 Å². The molecule has 0 unspecified atom stereocenters. The lowest BCUT2D eigenvalue weighted by Crippen LogP contribution is -2.03. The van der Waals surface area contributed by atoms with Crippen LogP contribution in [0, 0.1) is 0 Å². The van der Waals surface area contributed by atoms with Gasteiger partial charge in [0.2, 0.25) is 5.95 Å². The molecule has 0 bridgehead atoms. The third-order valence-corrected chi connectivity index (χ3v) is 15.4. The second-order valence-corrected chi connectivity index (χ2v) is 20.0. The molecule has 0 aliphatic heterocycles. The number of fused-ring (bicyclic) bond motifs is 10. The Hall–Kier alpha value is -10.8. The Labute approximate surface area is 452 Å². The molecular formula is C71H43N7O. The normalized spacial score (nSPS) is 11.8. The van der Waals surface area contributed by atoms with Crippen LogP contribution >= 0.6 is 0 Å². The molecule has 5 aromatic heterocycles. The monoisotopic (exact) mass is 1010 g/mol. The minimum Gasteiger partial charge on any atom is -0.456 e. The first-order chi connectivity index (χ1) is 39.1. The van der Waals surface area contributed by atoms with E-state index >= 15 is 0 Å². The van der Waals surface area contributed by atoms with Crippen molar-refractivity contribution < 1.29 is 4.42 Å². The molecule has 0 fully saturated rings. The van der Waals surface area contributed by atoms with Gasteiger partial charge in [-0.2, -0.15) is 0 Å². The van der Waals surface area contributed by atoms with E-state index in [0.717, 1.165) is 132 Å². The number of nitrogens with zero attached hydrogens (tertiary/aromatic N) is 7. The highest BCUT2D eigenvalue weighted by molar-refractivity contribution is 6.15. The first-order valence-electron chi connectivity index (χ1n) is 26.5. The van der Waals surface area contributed by atoms with Crippen LogP contribution in [-0.4, -0.2) is 34.1 Å². The van der Waals surface area contributed by atoms with Crippen LogP contribution < -0.4 is 0 Å². The lowest BCUT2D eigenvalue weighted by atomic mass is 9.98. The van der Waals surface area contributed by atoms with E-state index in [1.54, 1.807) is 0 Å². The van der Waals surface area contributed by atoms with E-state index in [9.17, 15) is 0 Å². The van der Waals surface area contributed by atoms with Gasteiger partial charge in [-0.15, -0.1) is 0 Å². The van der Waals surface area contributed by atoms with Gasteiger partial charge >= 0.3 is 0 Å². The summed E-state index contributed by atoms with van der Waals surface area (Å²) in [4.78, 5) is 25.8. The second-order valence-electron chi connectivity index (χ2n) is 20.0. The van der Waals surface area contributed by atoms with Crippen LogP contribution in [0.15, 0.2) is 265 Å². The summed E-state index contributed by atoms with van der Waals surface area (Å²) in [5, 5.41) is 7.55. The van der Waals surface area contributed by atoms with Gasteiger partial charge in [-0.05, 0) is 101 Å². The molecule has 79 heavy (non-hydrogen) atoms. The average molecular weight is 1010 g/mol. The van der Waals surface area contributed by atoms with Crippen molar-refractivity contribution in [2.75, 3.05) is 0 Å². The van der Waals surface area contributed by atoms with Gasteiger partial charge in [0.05, 0.1) is 33.3 Å². The van der Waals surface area contributed by atoms with Crippen LogP contribution in [0.5, 0.6) is 0 Å². The van der Waals surface area contributed by atoms with Crippen molar-refractivity contribution >= 4 is 76.5 Å². The zero-order valence-corrected chi connectivity index (χ0v) is 42.4. The fourth-order valence-electron chi connectivity index (χ4n) is 11.7. The quantitative estimate of drug-likeness (QED) is 0.151. The van der Waals surface area contributed by atoms with Gasteiger partial charge < -0.3 is 8.98 Å². The van der Waals surface area contributed by atoms with Crippen molar-refractivity contribution in [2.24, 2.45) is 0 Å². The molecule has 0 N–H and O–H groups in total. The first-order valence-corrected chi connectivity index (χ1v) is 26.5. The predicted octanol–water partition coefficient (Wildman–Crippen LogP) is 17.9. The van der Waals surface area contributed by atoms with Crippen molar-refractivity contribution in [3.63, 3.8) is 0 Å². The Morgan fingerprint density at radius 3 is 1.39 bits per heavy atom. The molecule has 368 valence electrons. The van der Waals surface area contributed by atoms with Gasteiger partial charge in [-0.3, -0.25) is 4.57 Å². The maximum absolute atomic E-state index is 6.60. The molecular weight excluding hydrogens is 967 g/mol. The van der Waals surface area contributed by atoms with E-state index in [0.29, 0.717) is 23.4 Å². The maximum atomic E-state index is 6.60. The van der Waals surface area contributed by atoms with Crippen LogP contribution in [-0.2, 0) is 0 Å². The van der Waals surface area contributed by atoms with Crippen molar-refractivity contribution in [1.82, 2.24) is 34.1 Å². The molecule has 0 spiro atoms. The molecule has 0 aliphatic carbocycles. The maximum Gasteiger partial charge on any atom is 0.235 e. The lowest BCUT2D eigenvalue weighted by molar-refractivity contribution is 0.669. The molecule has 0 saturated heterocycles. The van der Waals surface area contributed by atoms with Crippen molar-refractivity contribution in [2.45, 2.75) is 0 Å². The number of hydrogen-bond acceptors (Lipinski definition) is 6. The van der Waals surface area contributed by atoms with E-state index in [1.807, 2.05) is 84.9 Å². The number of hydrogen-bond donors (Lipinski definition) is 0. The number of furan rings is 1.